The zero-order valence-corrected chi connectivity index (χ0v) is 13.7. The van der Waals surface area contributed by atoms with Crippen LogP contribution in [0.5, 0.6) is 0 Å². The number of halogens is 1. The Kier molecular flexibility index (Phi) is 4.51. The quantitative estimate of drug-likeness (QED) is 0.456. The van der Waals surface area contributed by atoms with E-state index in [1.165, 1.54) is 4.68 Å². The predicted octanol–water partition coefficient (Wildman–Crippen LogP) is -1.17. The number of rotatable bonds is 3. The van der Waals surface area contributed by atoms with Crippen molar-refractivity contribution in [2.45, 2.75) is 13.5 Å². The Morgan fingerprint density at radius 2 is 1.68 bits per heavy atom. The number of imidazole rings is 1. The summed E-state index contributed by atoms with van der Waals surface area (Å²) in [6, 6.07) is 14.9. The SMILES string of the molecule is Cc1ccc(C(=O)Cn2c(=N)n(N)c3ccccc32)cc1.[Br-]. The van der Waals surface area contributed by atoms with E-state index < -0.39 is 0 Å². The van der Waals surface area contributed by atoms with Crippen LogP contribution in [0.2, 0.25) is 0 Å². The number of carbonyl (C=O) groups is 1. The molecule has 6 heteroatoms. The van der Waals surface area contributed by atoms with Gasteiger partial charge in [-0.05, 0) is 19.1 Å². The molecule has 0 bridgehead atoms. The van der Waals surface area contributed by atoms with E-state index in [9.17, 15) is 4.79 Å². The van der Waals surface area contributed by atoms with Crippen molar-refractivity contribution >= 4 is 16.8 Å². The van der Waals surface area contributed by atoms with Crippen molar-refractivity contribution in [3.8, 4) is 0 Å². The van der Waals surface area contributed by atoms with Crippen molar-refractivity contribution in [2.24, 2.45) is 0 Å². The fraction of sp³-hybridized carbons (Fsp3) is 0.125. The van der Waals surface area contributed by atoms with Gasteiger partial charge >= 0.3 is 0 Å². The van der Waals surface area contributed by atoms with Crippen molar-refractivity contribution in [1.82, 2.24) is 9.24 Å². The number of aromatic nitrogens is 2. The standard InChI is InChI=1S/C16H16N4O.BrH/c1-11-6-8-12(9-7-11)15(21)10-19-13-4-2-3-5-14(13)20(18)16(19)17;/h2-9,17H,10,18H2,1H3;1H/p-1. The van der Waals surface area contributed by atoms with Crippen LogP contribution in [0.1, 0.15) is 15.9 Å². The minimum atomic E-state index is -0.0372. The highest BCUT2D eigenvalue weighted by molar-refractivity contribution is 5.96. The maximum Gasteiger partial charge on any atom is 0.222 e. The average molecular weight is 360 g/mol. The molecule has 114 valence electrons. The monoisotopic (exact) mass is 359 g/mol. The summed E-state index contributed by atoms with van der Waals surface area (Å²) in [5.41, 5.74) is 3.38. The van der Waals surface area contributed by atoms with E-state index in [1.807, 2.05) is 55.5 Å². The molecule has 3 rings (SSSR count). The molecule has 5 nitrogen and oxygen atoms in total. The van der Waals surface area contributed by atoms with Crippen LogP contribution >= 0.6 is 0 Å². The van der Waals surface area contributed by atoms with Crippen LogP contribution in [0.4, 0.5) is 0 Å². The van der Waals surface area contributed by atoms with E-state index >= 15 is 0 Å². The van der Waals surface area contributed by atoms with E-state index in [2.05, 4.69) is 0 Å². The lowest BCUT2D eigenvalue weighted by atomic mass is 10.1. The lowest BCUT2D eigenvalue weighted by Gasteiger charge is -2.04. The number of ketones is 1. The molecule has 1 heterocycles. The predicted molar refractivity (Wildman–Crippen MR) is 81.4 cm³/mol. The summed E-state index contributed by atoms with van der Waals surface area (Å²) in [4.78, 5) is 12.4. The topological polar surface area (TPSA) is 76.8 Å². The Morgan fingerprint density at radius 3 is 2.32 bits per heavy atom. The summed E-state index contributed by atoms with van der Waals surface area (Å²) >= 11 is 0. The van der Waals surface area contributed by atoms with E-state index in [1.54, 1.807) is 4.57 Å². The highest BCUT2D eigenvalue weighted by Gasteiger charge is 2.13. The number of hydrogen-bond donors (Lipinski definition) is 2. The van der Waals surface area contributed by atoms with Gasteiger partial charge in [0.15, 0.2) is 5.78 Å². The van der Waals surface area contributed by atoms with Crippen LogP contribution in [-0.4, -0.2) is 15.0 Å². The average Bonchev–Trinajstić information content (AvgIpc) is 2.73. The van der Waals surface area contributed by atoms with Gasteiger partial charge in [0.05, 0.1) is 17.6 Å². The maximum absolute atomic E-state index is 12.4. The normalized spacial score (nSPS) is 10.4. The summed E-state index contributed by atoms with van der Waals surface area (Å²) in [5.74, 6) is 5.83. The van der Waals surface area contributed by atoms with Gasteiger partial charge in [0, 0.05) is 5.56 Å². The lowest BCUT2D eigenvalue weighted by molar-refractivity contribution is -0.0000125. The molecule has 0 spiro atoms. The number of fused-ring (bicyclic) bond motifs is 1. The van der Waals surface area contributed by atoms with Gasteiger partial charge in [-0.15, -0.1) is 0 Å². The number of carbonyl (C=O) groups excluding carboxylic acids is 1. The minimum Gasteiger partial charge on any atom is -1.00 e. The number of aryl methyl sites for hydroxylation is 1. The second kappa shape index (κ2) is 6.19. The van der Waals surface area contributed by atoms with Crippen molar-refractivity contribution in [3.05, 3.63) is 65.3 Å². The fourth-order valence-corrected chi connectivity index (χ4v) is 2.39. The van der Waals surface area contributed by atoms with Gasteiger partial charge in [-0.25, -0.2) is 4.68 Å². The van der Waals surface area contributed by atoms with Crippen LogP contribution in [0.15, 0.2) is 48.5 Å². The molecule has 0 aliphatic carbocycles. The van der Waals surface area contributed by atoms with E-state index in [-0.39, 0.29) is 34.9 Å². The first-order valence-electron chi connectivity index (χ1n) is 6.68. The molecule has 0 radical (unpaired) electrons. The number of para-hydroxylation sites is 2. The van der Waals surface area contributed by atoms with Crippen molar-refractivity contribution in [2.75, 3.05) is 5.84 Å². The Morgan fingerprint density at radius 1 is 1.09 bits per heavy atom. The molecule has 3 N–H and O–H groups in total. The minimum absolute atomic E-state index is 0. The molecule has 0 fully saturated rings. The number of nitrogens with two attached hydrogens (primary N) is 1. The molecule has 0 saturated heterocycles. The molecule has 0 saturated carbocycles. The first kappa shape index (κ1) is 16.0. The molecule has 0 aliphatic heterocycles. The third-order valence-corrected chi connectivity index (χ3v) is 3.59. The molecule has 3 aromatic rings. The largest absolute Gasteiger partial charge is 1.00 e. The summed E-state index contributed by atoms with van der Waals surface area (Å²) in [6.45, 7) is 2.08. The van der Waals surface area contributed by atoms with Gasteiger partial charge in [-0.2, -0.15) is 0 Å². The zero-order chi connectivity index (χ0) is 15.0. The second-order valence-electron chi connectivity index (χ2n) is 5.06. The smallest absolute Gasteiger partial charge is 0.222 e. The maximum atomic E-state index is 12.4. The molecule has 22 heavy (non-hydrogen) atoms. The third kappa shape index (κ3) is 2.69. The Hall–Kier alpha value is -2.34. The third-order valence-electron chi connectivity index (χ3n) is 3.59. The summed E-state index contributed by atoms with van der Waals surface area (Å²) in [7, 11) is 0. The second-order valence-corrected chi connectivity index (χ2v) is 5.06. The van der Waals surface area contributed by atoms with E-state index in [0.29, 0.717) is 5.56 Å². The fourth-order valence-electron chi connectivity index (χ4n) is 2.39. The number of Topliss-reactive ketones (excluding diaryl/α,β-unsaturated/α-hetero) is 1. The van der Waals surface area contributed by atoms with Crippen LogP contribution in [0.3, 0.4) is 0 Å². The molecule has 0 amide bonds. The van der Waals surface area contributed by atoms with Gasteiger partial charge in [0.25, 0.3) is 0 Å². The molecule has 2 aromatic carbocycles. The van der Waals surface area contributed by atoms with E-state index in [0.717, 1.165) is 16.6 Å². The Labute approximate surface area is 138 Å². The summed E-state index contributed by atoms with van der Waals surface area (Å²) in [5, 5.41) is 8.06. The van der Waals surface area contributed by atoms with Gasteiger partial charge < -0.3 is 27.4 Å². The first-order chi connectivity index (χ1) is 10.1. The van der Waals surface area contributed by atoms with Gasteiger partial charge in [0.2, 0.25) is 5.62 Å². The molecule has 0 aliphatic rings. The van der Waals surface area contributed by atoms with Gasteiger partial charge in [0.1, 0.15) is 0 Å². The Balaban J connectivity index is 0.00000176. The zero-order valence-electron chi connectivity index (χ0n) is 12.1. The highest BCUT2D eigenvalue weighted by atomic mass is 79.9. The Bertz CT molecular complexity index is 877. The van der Waals surface area contributed by atoms with Crippen molar-refractivity contribution in [1.29, 1.82) is 5.41 Å². The van der Waals surface area contributed by atoms with Gasteiger partial charge in [-0.1, -0.05) is 42.0 Å². The summed E-state index contributed by atoms with van der Waals surface area (Å²) in [6.07, 6.45) is 0. The number of benzene rings is 2. The number of hydrogen-bond acceptors (Lipinski definition) is 3. The molecule has 0 unspecified atom stereocenters. The lowest BCUT2D eigenvalue weighted by Crippen LogP contribution is -3.00. The van der Waals surface area contributed by atoms with Crippen molar-refractivity contribution < 1.29 is 21.8 Å². The van der Waals surface area contributed by atoms with Crippen LogP contribution in [0.25, 0.3) is 11.0 Å². The van der Waals surface area contributed by atoms with Crippen LogP contribution < -0.4 is 28.4 Å². The van der Waals surface area contributed by atoms with Crippen molar-refractivity contribution in [3.63, 3.8) is 0 Å². The number of nitrogen functional groups attached to an aromatic ring is 1. The first-order valence-corrected chi connectivity index (χ1v) is 6.68. The molecule has 1 aromatic heterocycles. The summed E-state index contributed by atoms with van der Waals surface area (Å²) < 4.78 is 2.91. The van der Waals surface area contributed by atoms with Crippen LogP contribution in [0, 0.1) is 12.3 Å². The van der Waals surface area contributed by atoms with Crippen LogP contribution in [-0.2, 0) is 6.54 Å². The number of nitrogens with one attached hydrogen (secondary N) is 1. The molecular weight excluding hydrogens is 344 g/mol. The van der Waals surface area contributed by atoms with Gasteiger partial charge in [-0.3, -0.25) is 10.2 Å². The molecular formula is C16H16BrN4O-. The van der Waals surface area contributed by atoms with E-state index in [4.69, 9.17) is 11.3 Å². The highest BCUT2D eigenvalue weighted by Crippen LogP contribution is 2.12. The molecule has 0 atom stereocenters. The number of nitrogens with zero attached hydrogens (tertiary/aromatic N) is 2.